The third-order valence-corrected chi connectivity index (χ3v) is 7.07. The van der Waals surface area contributed by atoms with Gasteiger partial charge in [0.25, 0.3) is 16.0 Å². The third-order valence-electron chi connectivity index (χ3n) is 5.83. The first-order chi connectivity index (χ1) is 20.1. The highest BCUT2D eigenvalue weighted by atomic mass is 35.5. The molecule has 4 rings (SSSR count). The van der Waals surface area contributed by atoms with Gasteiger partial charge < -0.3 is 20.7 Å². The number of anilines is 2. The fraction of sp³-hybridized carbons (Fsp3) is 0.107. The number of alkyl halides is 3. The van der Waals surface area contributed by atoms with Gasteiger partial charge in [0.05, 0.1) is 16.3 Å². The van der Waals surface area contributed by atoms with Crippen LogP contribution in [0.1, 0.15) is 21.6 Å². The minimum atomic E-state index is -4.70. The van der Waals surface area contributed by atoms with Crippen molar-refractivity contribution < 1.29 is 40.5 Å². The van der Waals surface area contributed by atoms with Crippen LogP contribution in [0.3, 0.4) is 0 Å². The van der Waals surface area contributed by atoms with Crippen LogP contribution in [0.4, 0.5) is 29.3 Å². The van der Waals surface area contributed by atoms with Gasteiger partial charge in [-0.25, -0.2) is 9.78 Å². The van der Waals surface area contributed by atoms with Crippen molar-refractivity contribution in [2.75, 3.05) is 17.7 Å². The van der Waals surface area contributed by atoms with Gasteiger partial charge in [0.15, 0.2) is 0 Å². The van der Waals surface area contributed by atoms with Crippen LogP contribution < -0.4 is 20.7 Å². The zero-order chi connectivity index (χ0) is 31.5. The standard InChI is InChI=1S/C28H22ClF3N4O6S/c1-15-3-10-25(43(39,40)41)20(11-15)23-13-19(14-24(36-23)26(37)33-2)42-18-7-4-16(5-8-18)34-27(38)35-17-6-9-22(29)21(12-17)28(30,31)32/h3-14H,1-2H3,(H,33,37)(H2,34,35,38)(H,39,40,41). The topological polar surface area (TPSA) is 147 Å². The summed E-state index contributed by atoms with van der Waals surface area (Å²) in [6, 6.07) is 14.9. The van der Waals surface area contributed by atoms with Crippen LogP contribution in [0.5, 0.6) is 11.5 Å². The minimum absolute atomic E-state index is 0.0401. The molecule has 4 aromatic rings. The highest BCUT2D eigenvalue weighted by Crippen LogP contribution is 2.36. The van der Waals surface area contributed by atoms with Crippen LogP contribution in [0.2, 0.25) is 5.02 Å². The molecule has 0 saturated heterocycles. The molecule has 10 nitrogen and oxygen atoms in total. The van der Waals surface area contributed by atoms with Crippen molar-refractivity contribution in [2.24, 2.45) is 0 Å². The van der Waals surface area contributed by atoms with E-state index in [1.54, 1.807) is 6.92 Å². The first-order valence-electron chi connectivity index (χ1n) is 12.2. The van der Waals surface area contributed by atoms with Crippen molar-refractivity contribution in [3.63, 3.8) is 0 Å². The Hall–Kier alpha value is -4.66. The fourth-order valence-corrected chi connectivity index (χ4v) is 4.78. The van der Waals surface area contributed by atoms with E-state index in [2.05, 4.69) is 20.9 Å². The molecule has 0 fully saturated rings. The van der Waals surface area contributed by atoms with E-state index in [1.165, 1.54) is 67.7 Å². The number of rotatable bonds is 7. The molecule has 1 aromatic heterocycles. The number of aromatic nitrogens is 1. The Morgan fingerprint density at radius 1 is 0.907 bits per heavy atom. The smallest absolute Gasteiger partial charge is 0.417 e. The van der Waals surface area contributed by atoms with Crippen molar-refractivity contribution in [3.05, 3.63) is 94.6 Å². The van der Waals surface area contributed by atoms with Gasteiger partial charge in [0.2, 0.25) is 0 Å². The summed E-state index contributed by atoms with van der Waals surface area (Å²) in [6.45, 7) is 1.71. The summed E-state index contributed by atoms with van der Waals surface area (Å²) in [5, 5.41) is 6.71. The van der Waals surface area contributed by atoms with Gasteiger partial charge in [-0.3, -0.25) is 9.35 Å². The number of hydrogen-bond acceptors (Lipinski definition) is 6. The molecule has 0 bridgehead atoms. The van der Waals surface area contributed by atoms with Crippen molar-refractivity contribution >= 4 is 45.0 Å². The molecule has 0 radical (unpaired) electrons. The fourth-order valence-electron chi connectivity index (χ4n) is 3.87. The summed E-state index contributed by atoms with van der Waals surface area (Å²) >= 11 is 5.60. The maximum Gasteiger partial charge on any atom is 0.417 e. The van der Waals surface area contributed by atoms with Crippen molar-refractivity contribution in [2.45, 2.75) is 18.0 Å². The Kier molecular flexibility index (Phi) is 8.94. The number of halogens is 4. The number of carbonyl (C=O) groups excluding carboxylic acids is 2. The average molecular weight is 635 g/mol. The third kappa shape index (κ3) is 7.80. The largest absolute Gasteiger partial charge is 0.457 e. The number of aryl methyl sites for hydroxylation is 1. The summed E-state index contributed by atoms with van der Waals surface area (Å²) in [5.74, 6) is -0.229. The molecule has 3 aromatic carbocycles. The molecule has 15 heteroatoms. The molecular weight excluding hydrogens is 613 g/mol. The lowest BCUT2D eigenvalue weighted by Crippen LogP contribution is -2.20. The van der Waals surface area contributed by atoms with E-state index in [0.717, 1.165) is 6.07 Å². The number of urea groups is 1. The number of amides is 3. The summed E-state index contributed by atoms with van der Waals surface area (Å²) in [6.07, 6.45) is -4.70. The van der Waals surface area contributed by atoms with E-state index in [-0.39, 0.29) is 39.8 Å². The highest BCUT2D eigenvalue weighted by Gasteiger charge is 2.33. The molecule has 0 saturated carbocycles. The lowest BCUT2D eigenvalue weighted by molar-refractivity contribution is -0.137. The van der Waals surface area contributed by atoms with E-state index in [9.17, 15) is 35.7 Å². The summed E-state index contributed by atoms with van der Waals surface area (Å²) in [4.78, 5) is 28.6. The maximum absolute atomic E-state index is 13.1. The van der Waals surface area contributed by atoms with Gasteiger partial charge in [-0.1, -0.05) is 23.2 Å². The second kappa shape index (κ2) is 12.3. The molecule has 43 heavy (non-hydrogen) atoms. The number of carbonyl (C=O) groups is 2. The van der Waals surface area contributed by atoms with Crippen molar-refractivity contribution in [3.8, 4) is 22.8 Å². The lowest BCUT2D eigenvalue weighted by atomic mass is 10.1. The minimum Gasteiger partial charge on any atom is -0.457 e. The van der Waals surface area contributed by atoms with Gasteiger partial charge in [-0.15, -0.1) is 0 Å². The molecule has 0 spiro atoms. The molecule has 1 heterocycles. The van der Waals surface area contributed by atoms with E-state index in [1.807, 2.05) is 0 Å². The second-order valence-corrected chi connectivity index (χ2v) is 10.8. The molecule has 0 atom stereocenters. The molecule has 224 valence electrons. The van der Waals surface area contributed by atoms with Gasteiger partial charge in [-0.2, -0.15) is 21.6 Å². The Morgan fingerprint density at radius 3 is 2.19 bits per heavy atom. The summed E-state index contributed by atoms with van der Waals surface area (Å²) in [5.41, 5.74) is -0.284. The lowest BCUT2D eigenvalue weighted by Gasteiger charge is -2.13. The number of benzene rings is 3. The Bertz CT molecular complexity index is 1820. The molecule has 0 aliphatic carbocycles. The van der Waals surface area contributed by atoms with Crippen LogP contribution in [0, 0.1) is 6.92 Å². The highest BCUT2D eigenvalue weighted by molar-refractivity contribution is 7.86. The van der Waals surface area contributed by atoms with Crippen molar-refractivity contribution in [1.82, 2.24) is 10.3 Å². The first-order valence-corrected chi connectivity index (χ1v) is 14.0. The second-order valence-electron chi connectivity index (χ2n) is 9.03. The van der Waals surface area contributed by atoms with Gasteiger partial charge in [0, 0.05) is 36.1 Å². The molecule has 0 unspecified atom stereocenters. The zero-order valence-electron chi connectivity index (χ0n) is 22.3. The average Bonchev–Trinajstić information content (AvgIpc) is 2.93. The normalized spacial score (nSPS) is 11.5. The number of ether oxygens (including phenoxy) is 1. The van der Waals surface area contributed by atoms with Gasteiger partial charge in [0.1, 0.15) is 22.1 Å². The summed E-state index contributed by atoms with van der Waals surface area (Å²) in [7, 11) is -3.24. The van der Waals surface area contributed by atoms with E-state index >= 15 is 0 Å². The Morgan fingerprint density at radius 2 is 1.56 bits per heavy atom. The Labute approximate surface area is 248 Å². The molecule has 0 aliphatic heterocycles. The van der Waals surface area contributed by atoms with Gasteiger partial charge >= 0.3 is 12.2 Å². The van der Waals surface area contributed by atoms with E-state index in [4.69, 9.17) is 16.3 Å². The molecule has 3 amide bonds. The van der Waals surface area contributed by atoms with Crippen LogP contribution >= 0.6 is 11.6 Å². The number of nitrogens with one attached hydrogen (secondary N) is 3. The first kappa shape index (κ1) is 31.3. The van der Waals surface area contributed by atoms with Crippen LogP contribution in [-0.4, -0.2) is 36.9 Å². The SMILES string of the molecule is CNC(=O)c1cc(Oc2ccc(NC(=O)Nc3ccc(Cl)c(C(F)(F)F)c3)cc2)cc(-c2cc(C)ccc2S(=O)(=O)O)n1. The molecular formula is C28H22ClF3N4O6S. The number of hydrogen-bond donors (Lipinski definition) is 4. The number of nitrogens with zero attached hydrogens (tertiary/aromatic N) is 1. The van der Waals surface area contributed by atoms with Crippen LogP contribution in [0.15, 0.2) is 77.7 Å². The quantitative estimate of drug-likeness (QED) is 0.164. The Balaban J connectivity index is 1.55. The predicted molar refractivity (Wildman–Crippen MR) is 153 cm³/mol. The zero-order valence-corrected chi connectivity index (χ0v) is 23.9. The monoisotopic (exact) mass is 634 g/mol. The summed E-state index contributed by atoms with van der Waals surface area (Å²) < 4.78 is 78.9. The van der Waals surface area contributed by atoms with Crippen LogP contribution in [-0.2, 0) is 16.3 Å². The number of pyridine rings is 1. The van der Waals surface area contributed by atoms with E-state index < -0.39 is 43.7 Å². The molecule has 0 aliphatic rings. The van der Waals surface area contributed by atoms with E-state index in [0.29, 0.717) is 11.6 Å². The van der Waals surface area contributed by atoms with Crippen molar-refractivity contribution in [1.29, 1.82) is 0 Å². The predicted octanol–water partition coefficient (Wildman–Crippen LogP) is 6.77. The van der Waals surface area contributed by atoms with Gasteiger partial charge in [-0.05, 0) is 61.5 Å². The maximum atomic E-state index is 13.1. The molecule has 4 N–H and O–H groups in total. The van der Waals surface area contributed by atoms with Crippen LogP contribution in [0.25, 0.3) is 11.3 Å².